The van der Waals surface area contributed by atoms with E-state index in [1.807, 2.05) is 24.3 Å². The fraction of sp³-hybridized carbons (Fsp3) is 0.286. The molecule has 1 aliphatic heterocycles. The number of hydrogen-bond donors (Lipinski definition) is 1. The number of halogens is 1. The van der Waals surface area contributed by atoms with Gasteiger partial charge in [-0.3, -0.25) is 0 Å². The van der Waals surface area contributed by atoms with Crippen LogP contribution in [0.4, 0.5) is 17.5 Å². The number of piperidine rings is 1. The Balaban J connectivity index is 1.37. The first-order valence-electron chi connectivity index (χ1n) is 9.27. The van der Waals surface area contributed by atoms with E-state index in [0.717, 1.165) is 49.8 Å². The van der Waals surface area contributed by atoms with Crippen LogP contribution in [0.25, 0.3) is 0 Å². The van der Waals surface area contributed by atoms with Crippen molar-refractivity contribution >= 4 is 29.1 Å². The third-order valence-electron chi connectivity index (χ3n) is 4.93. The average molecular weight is 380 g/mol. The second-order valence-electron chi connectivity index (χ2n) is 6.89. The van der Waals surface area contributed by atoms with Gasteiger partial charge in [0.25, 0.3) is 0 Å². The maximum absolute atomic E-state index is 6.03. The lowest BCUT2D eigenvalue weighted by atomic mass is 9.90. The van der Waals surface area contributed by atoms with Gasteiger partial charge in [0, 0.05) is 23.8 Å². The van der Waals surface area contributed by atoms with Crippen molar-refractivity contribution in [2.24, 2.45) is 5.92 Å². The molecule has 1 aliphatic rings. The number of benzene rings is 2. The van der Waals surface area contributed by atoms with Crippen LogP contribution < -0.4 is 10.2 Å². The molecule has 0 radical (unpaired) electrons. The Bertz CT molecular complexity index is 879. The quantitative estimate of drug-likeness (QED) is 0.694. The van der Waals surface area contributed by atoms with Gasteiger partial charge in [0.2, 0.25) is 5.95 Å². The first-order chi connectivity index (χ1) is 13.3. The predicted octanol–water partition coefficient (Wildman–Crippen LogP) is 4.73. The van der Waals surface area contributed by atoms with Crippen LogP contribution in [0, 0.1) is 5.92 Å². The Hall–Kier alpha value is -2.66. The standard InChI is InChI=1S/C21H22ClN5/c22-18-7-4-8-19(14-18)24-21-25-20(15-23-26-21)27-11-9-17(10-12-27)13-16-5-2-1-3-6-16/h1-8,14-15,17H,9-13H2,(H,24,25,26). The molecule has 1 saturated heterocycles. The van der Waals surface area contributed by atoms with Crippen molar-refractivity contribution < 1.29 is 0 Å². The van der Waals surface area contributed by atoms with Gasteiger partial charge in [-0.1, -0.05) is 48.0 Å². The Labute approximate surface area is 164 Å². The van der Waals surface area contributed by atoms with E-state index in [-0.39, 0.29) is 0 Å². The number of anilines is 3. The summed E-state index contributed by atoms with van der Waals surface area (Å²) < 4.78 is 0. The second-order valence-corrected chi connectivity index (χ2v) is 7.33. The van der Waals surface area contributed by atoms with Crippen LogP contribution in [0.5, 0.6) is 0 Å². The van der Waals surface area contributed by atoms with E-state index in [1.54, 1.807) is 6.20 Å². The van der Waals surface area contributed by atoms with E-state index in [9.17, 15) is 0 Å². The van der Waals surface area contributed by atoms with Crippen LogP contribution in [-0.2, 0) is 6.42 Å². The summed E-state index contributed by atoms with van der Waals surface area (Å²) in [5.74, 6) is 2.08. The monoisotopic (exact) mass is 379 g/mol. The highest BCUT2D eigenvalue weighted by atomic mass is 35.5. The molecule has 6 heteroatoms. The summed E-state index contributed by atoms with van der Waals surface area (Å²) in [6.07, 6.45) is 5.21. The summed E-state index contributed by atoms with van der Waals surface area (Å²) in [6.45, 7) is 1.99. The minimum absolute atomic E-state index is 0.487. The molecule has 5 nitrogen and oxygen atoms in total. The molecule has 0 saturated carbocycles. The van der Waals surface area contributed by atoms with E-state index < -0.39 is 0 Å². The van der Waals surface area contributed by atoms with Gasteiger partial charge in [-0.05, 0) is 48.9 Å². The first-order valence-corrected chi connectivity index (χ1v) is 9.65. The van der Waals surface area contributed by atoms with Crippen LogP contribution in [0.1, 0.15) is 18.4 Å². The molecule has 0 amide bonds. The zero-order valence-corrected chi connectivity index (χ0v) is 15.8. The lowest BCUT2D eigenvalue weighted by molar-refractivity contribution is 0.402. The number of nitrogens with zero attached hydrogens (tertiary/aromatic N) is 4. The Morgan fingerprint density at radius 1 is 1.04 bits per heavy atom. The lowest BCUT2D eigenvalue weighted by Crippen LogP contribution is -2.35. The lowest BCUT2D eigenvalue weighted by Gasteiger charge is -2.32. The minimum Gasteiger partial charge on any atom is -0.355 e. The first kappa shape index (κ1) is 17.7. The Morgan fingerprint density at radius 3 is 2.63 bits per heavy atom. The van der Waals surface area contributed by atoms with Crippen molar-refractivity contribution in [2.45, 2.75) is 19.3 Å². The summed E-state index contributed by atoms with van der Waals surface area (Å²) in [6, 6.07) is 18.2. The number of hydrogen-bond acceptors (Lipinski definition) is 5. The SMILES string of the molecule is Clc1cccc(Nc2nncc(N3CCC(Cc4ccccc4)CC3)n2)c1. The fourth-order valence-corrected chi connectivity index (χ4v) is 3.70. The largest absolute Gasteiger partial charge is 0.355 e. The molecule has 0 unspecified atom stereocenters. The predicted molar refractivity (Wildman–Crippen MR) is 110 cm³/mol. The highest BCUT2D eigenvalue weighted by Crippen LogP contribution is 2.25. The summed E-state index contributed by atoms with van der Waals surface area (Å²) in [7, 11) is 0. The minimum atomic E-state index is 0.487. The van der Waals surface area contributed by atoms with Crippen LogP contribution in [0.2, 0.25) is 5.02 Å². The highest BCUT2D eigenvalue weighted by Gasteiger charge is 2.21. The van der Waals surface area contributed by atoms with E-state index in [1.165, 1.54) is 5.56 Å². The highest BCUT2D eigenvalue weighted by molar-refractivity contribution is 6.30. The van der Waals surface area contributed by atoms with E-state index in [2.05, 4.69) is 55.7 Å². The number of rotatable bonds is 5. The van der Waals surface area contributed by atoms with Gasteiger partial charge in [-0.2, -0.15) is 10.1 Å². The maximum Gasteiger partial charge on any atom is 0.249 e. The third kappa shape index (κ3) is 4.74. The summed E-state index contributed by atoms with van der Waals surface area (Å²) >= 11 is 6.03. The molecule has 3 aromatic rings. The molecule has 0 bridgehead atoms. The van der Waals surface area contributed by atoms with Gasteiger partial charge >= 0.3 is 0 Å². The molecular weight excluding hydrogens is 358 g/mol. The molecule has 2 heterocycles. The molecular formula is C21H22ClN5. The smallest absolute Gasteiger partial charge is 0.249 e. The van der Waals surface area contributed by atoms with Crippen molar-refractivity contribution in [2.75, 3.05) is 23.3 Å². The molecule has 1 fully saturated rings. The van der Waals surface area contributed by atoms with Crippen LogP contribution in [-0.4, -0.2) is 28.3 Å². The summed E-state index contributed by atoms with van der Waals surface area (Å²) in [4.78, 5) is 6.92. The molecule has 4 rings (SSSR count). The molecule has 0 atom stereocenters. The summed E-state index contributed by atoms with van der Waals surface area (Å²) in [5, 5.41) is 12.0. The van der Waals surface area contributed by atoms with E-state index in [0.29, 0.717) is 11.0 Å². The second kappa shape index (κ2) is 8.35. The van der Waals surface area contributed by atoms with Gasteiger partial charge in [0.05, 0.1) is 6.20 Å². The van der Waals surface area contributed by atoms with Gasteiger partial charge in [-0.25, -0.2) is 0 Å². The van der Waals surface area contributed by atoms with Gasteiger partial charge < -0.3 is 10.2 Å². The van der Waals surface area contributed by atoms with E-state index in [4.69, 9.17) is 11.6 Å². The van der Waals surface area contributed by atoms with Crippen molar-refractivity contribution in [3.8, 4) is 0 Å². The van der Waals surface area contributed by atoms with Gasteiger partial charge in [0.15, 0.2) is 5.82 Å². The fourth-order valence-electron chi connectivity index (χ4n) is 3.51. The van der Waals surface area contributed by atoms with Crippen molar-refractivity contribution in [3.63, 3.8) is 0 Å². The van der Waals surface area contributed by atoms with E-state index >= 15 is 0 Å². The average Bonchev–Trinajstić information content (AvgIpc) is 2.70. The summed E-state index contributed by atoms with van der Waals surface area (Å²) in [5.41, 5.74) is 2.27. The van der Waals surface area contributed by atoms with Gasteiger partial charge in [0.1, 0.15) is 0 Å². The number of nitrogens with one attached hydrogen (secondary N) is 1. The molecule has 0 aliphatic carbocycles. The van der Waals surface area contributed by atoms with Crippen molar-refractivity contribution in [1.29, 1.82) is 0 Å². The molecule has 138 valence electrons. The Morgan fingerprint density at radius 2 is 1.85 bits per heavy atom. The molecule has 1 N–H and O–H groups in total. The zero-order chi connectivity index (χ0) is 18.5. The molecule has 2 aromatic carbocycles. The molecule has 0 spiro atoms. The van der Waals surface area contributed by atoms with Crippen LogP contribution >= 0.6 is 11.6 Å². The van der Waals surface area contributed by atoms with Crippen molar-refractivity contribution in [3.05, 3.63) is 71.4 Å². The maximum atomic E-state index is 6.03. The third-order valence-corrected chi connectivity index (χ3v) is 5.17. The molecule has 1 aromatic heterocycles. The number of aromatic nitrogens is 3. The van der Waals surface area contributed by atoms with Crippen LogP contribution in [0.15, 0.2) is 60.8 Å². The topological polar surface area (TPSA) is 53.9 Å². The molecule has 27 heavy (non-hydrogen) atoms. The normalized spacial score (nSPS) is 14.9. The van der Waals surface area contributed by atoms with Crippen LogP contribution in [0.3, 0.4) is 0 Å². The zero-order valence-electron chi connectivity index (χ0n) is 15.1. The van der Waals surface area contributed by atoms with Crippen molar-refractivity contribution in [1.82, 2.24) is 15.2 Å². The van der Waals surface area contributed by atoms with Gasteiger partial charge in [-0.15, -0.1) is 5.10 Å². The Kier molecular flexibility index (Phi) is 5.49.